The molecule has 276 valence electrons. The molecule has 4 rings (SSSR count). The molecule has 7 atom stereocenters. The molecule has 1 aliphatic heterocycles. The summed E-state index contributed by atoms with van der Waals surface area (Å²) in [7, 11) is 0. The molecule has 1 aromatic carbocycles. The van der Waals surface area contributed by atoms with E-state index in [1.807, 2.05) is 88.5 Å². The molecule has 0 bridgehead atoms. The van der Waals surface area contributed by atoms with Gasteiger partial charge in [-0.25, -0.2) is 4.79 Å². The number of aliphatic hydroxyl groups is 1. The van der Waals surface area contributed by atoms with Crippen LogP contribution in [0.5, 0.6) is 0 Å². The molecule has 1 aromatic rings. The highest BCUT2D eigenvalue weighted by Crippen LogP contribution is 2.46. The Morgan fingerprint density at radius 2 is 1.56 bits per heavy atom. The lowest BCUT2D eigenvalue weighted by Gasteiger charge is -2.44. The van der Waals surface area contributed by atoms with Crippen molar-refractivity contribution in [2.24, 2.45) is 29.1 Å². The Bertz CT molecular complexity index is 1510. The number of allylic oxidation sites excluding steroid dienone is 3. The number of halogens is 3. The van der Waals surface area contributed by atoms with Gasteiger partial charge in [0.15, 0.2) is 0 Å². The van der Waals surface area contributed by atoms with E-state index in [2.05, 4.69) is 42.7 Å². The van der Waals surface area contributed by atoms with Crippen LogP contribution in [0.15, 0.2) is 23.8 Å². The number of anilines is 2. The molecule has 0 unspecified atom stereocenters. The lowest BCUT2D eigenvalue weighted by Crippen LogP contribution is -2.43. The zero-order valence-corrected chi connectivity index (χ0v) is 35.9. The van der Waals surface area contributed by atoms with Crippen LogP contribution in [-0.2, 0) is 28.7 Å². The largest absolute Gasteiger partial charge is 0.478 e. The van der Waals surface area contributed by atoms with Crippen molar-refractivity contribution >= 4 is 109 Å². The first kappa shape index (κ1) is 42.6. The van der Waals surface area contributed by atoms with Gasteiger partial charge in [0.05, 0.1) is 45.6 Å². The minimum absolute atomic E-state index is 0.0547. The molecule has 1 saturated heterocycles. The van der Waals surface area contributed by atoms with Crippen molar-refractivity contribution in [1.29, 1.82) is 0 Å². The first-order valence-corrected chi connectivity index (χ1v) is 20.0. The molecule has 1 fully saturated rings. The van der Waals surface area contributed by atoms with Crippen LogP contribution < -0.4 is 10.6 Å². The lowest BCUT2D eigenvalue weighted by molar-refractivity contribution is -0.166. The van der Waals surface area contributed by atoms with Crippen LogP contribution in [-0.4, -0.2) is 58.2 Å². The summed E-state index contributed by atoms with van der Waals surface area (Å²) in [6.45, 7) is 13.0. The van der Waals surface area contributed by atoms with E-state index in [0.717, 1.165) is 25.7 Å². The van der Waals surface area contributed by atoms with Crippen LogP contribution >= 0.6 is 67.8 Å². The van der Waals surface area contributed by atoms with Crippen LogP contribution in [0.1, 0.15) is 97.3 Å². The van der Waals surface area contributed by atoms with E-state index in [1.165, 1.54) is 19.4 Å². The number of cyclic esters (lactones) is 1. The summed E-state index contributed by atoms with van der Waals surface area (Å²) >= 11 is 5.71. The van der Waals surface area contributed by atoms with Crippen LogP contribution in [0.25, 0.3) is 0 Å². The maximum absolute atomic E-state index is 12.9. The maximum atomic E-state index is 12.9. The predicted octanol–water partition coefficient (Wildman–Crippen LogP) is 7.70. The quantitative estimate of drug-likeness (QED) is 0.143. The van der Waals surface area contributed by atoms with Crippen molar-refractivity contribution in [1.82, 2.24) is 0 Å². The van der Waals surface area contributed by atoms with Gasteiger partial charge in [-0.3, -0.25) is 19.2 Å². The lowest BCUT2D eigenvalue weighted by atomic mass is 9.65. The molecule has 11 nitrogen and oxygen atoms in total. The number of aliphatic hydroxyl groups excluding tert-OH is 1. The number of carboxylic acid groups (broad SMARTS) is 1. The van der Waals surface area contributed by atoms with Gasteiger partial charge in [-0.2, -0.15) is 0 Å². The van der Waals surface area contributed by atoms with Crippen molar-refractivity contribution in [3.05, 3.63) is 40.1 Å². The molecule has 50 heavy (non-hydrogen) atoms. The van der Waals surface area contributed by atoms with Gasteiger partial charge in [0, 0.05) is 26.2 Å². The Labute approximate surface area is 334 Å². The van der Waals surface area contributed by atoms with Crippen molar-refractivity contribution in [2.45, 2.75) is 105 Å². The van der Waals surface area contributed by atoms with Gasteiger partial charge in [0.1, 0.15) is 12.2 Å². The van der Waals surface area contributed by atoms with Crippen LogP contribution in [0.2, 0.25) is 0 Å². The minimum atomic E-state index is -1.12. The second kappa shape index (κ2) is 18.3. The third kappa shape index (κ3) is 10.9. The first-order valence-electron chi connectivity index (χ1n) is 16.7. The topological polar surface area (TPSA) is 168 Å². The fourth-order valence-electron chi connectivity index (χ4n) is 6.50. The molecule has 1 heterocycles. The molecule has 0 aromatic heterocycles. The van der Waals surface area contributed by atoms with Crippen LogP contribution in [0, 0.1) is 39.8 Å². The maximum Gasteiger partial charge on any atom is 0.338 e. The molecule has 3 aliphatic rings. The Balaban J connectivity index is 0.000000295. The number of benzene rings is 1. The number of carboxylic acids is 1. The number of nitrogens with one attached hydrogen (secondary N) is 2. The third-order valence-electron chi connectivity index (χ3n) is 9.48. The third-order valence-corrected chi connectivity index (χ3v) is 12.7. The van der Waals surface area contributed by atoms with Crippen LogP contribution in [0.3, 0.4) is 0 Å². The highest BCUT2D eigenvalue weighted by Gasteiger charge is 2.43. The number of rotatable bonds is 9. The van der Waals surface area contributed by atoms with Gasteiger partial charge < -0.3 is 30.3 Å². The number of esters is 2. The molecule has 0 radical (unpaired) electrons. The minimum Gasteiger partial charge on any atom is -0.478 e. The SMILES string of the molecule is CC(=O)Nc1c(I)c(NC(C)=O)c(I)c(C(=O)O)c1I.CCC(C)(C)C(=O)O[C@H]1C[C@@H](C)C=C2C=C[C@H](C)[C@H](CC[C@@H]3C[C@@H](O)CC(=O)O3)[C@H]21. The van der Waals surface area contributed by atoms with E-state index in [4.69, 9.17) is 9.47 Å². The van der Waals surface area contributed by atoms with Crippen molar-refractivity contribution < 1.29 is 43.7 Å². The van der Waals surface area contributed by atoms with Crippen molar-refractivity contribution in [3.63, 3.8) is 0 Å². The smallest absolute Gasteiger partial charge is 0.338 e. The fourth-order valence-corrected chi connectivity index (χ4v) is 10.7. The Morgan fingerprint density at radius 3 is 2.06 bits per heavy atom. The van der Waals surface area contributed by atoms with Gasteiger partial charge in [0.2, 0.25) is 11.8 Å². The summed E-state index contributed by atoms with van der Waals surface area (Å²) in [5.41, 5.74) is 1.62. The summed E-state index contributed by atoms with van der Waals surface area (Å²) < 4.78 is 13.1. The number of carbonyl (C=O) groups excluding carboxylic acids is 4. The highest BCUT2D eigenvalue weighted by molar-refractivity contribution is 14.1. The van der Waals surface area contributed by atoms with E-state index in [-0.39, 0.29) is 53.9 Å². The van der Waals surface area contributed by atoms with Crippen molar-refractivity contribution in [3.8, 4) is 0 Å². The fraction of sp³-hybridized carbons (Fsp3) is 0.583. The van der Waals surface area contributed by atoms with E-state index in [9.17, 15) is 34.2 Å². The number of ether oxygens (including phenoxy) is 2. The Morgan fingerprint density at radius 1 is 0.980 bits per heavy atom. The number of amides is 2. The summed E-state index contributed by atoms with van der Waals surface area (Å²) in [5.74, 6) is -0.967. The standard InChI is InChI=1S/C25H38O5.C11H9I3N2O4/c1-6-25(4,5)24(28)30-21-12-15(2)11-17-8-7-16(3)20(23(17)21)10-9-19-13-18(26)14-22(27)29-19;1-3(17)15-9-6(12)5(11(19)20)7(13)10(8(9)14)16-4(2)18/h7-8,11,15-16,18-21,23,26H,6,9-10,12-14H2,1-5H3;1-2H3,(H,15,17)(H,16,18)(H,19,20)/t15-,16-,18+,19+,20-,21-,23-;/m0./s1. The Kier molecular flexibility index (Phi) is 15.6. The zero-order valence-electron chi connectivity index (χ0n) is 29.4. The Hall–Kier alpha value is -1.80. The number of fused-ring (bicyclic) bond motifs is 1. The zero-order chi connectivity index (χ0) is 37.7. The van der Waals surface area contributed by atoms with Gasteiger partial charge in [-0.1, -0.05) is 39.0 Å². The normalized spacial score (nSPS) is 25.9. The number of hydrogen-bond donors (Lipinski definition) is 4. The summed E-state index contributed by atoms with van der Waals surface area (Å²) in [4.78, 5) is 58.5. The summed E-state index contributed by atoms with van der Waals surface area (Å²) in [6.07, 6.45) is 9.61. The molecule has 0 spiro atoms. The monoisotopic (exact) mass is 1030 g/mol. The van der Waals surface area contributed by atoms with E-state index in [1.54, 1.807) is 0 Å². The predicted molar refractivity (Wildman–Crippen MR) is 216 cm³/mol. The van der Waals surface area contributed by atoms with E-state index < -0.39 is 17.5 Å². The molecule has 2 amide bonds. The second-order valence-electron chi connectivity index (χ2n) is 14.0. The van der Waals surface area contributed by atoms with Gasteiger partial charge >= 0.3 is 17.9 Å². The van der Waals surface area contributed by atoms with Crippen LogP contribution in [0.4, 0.5) is 11.4 Å². The first-order chi connectivity index (χ1) is 23.3. The number of hydrogen-bond acceptors (Lipinski definition) is 8. The average molecular weight is 1030 g/mol. The summed E-state index contributed by atoms with van der Waals surface area (Å²) in [6, 6.07) is 0. The van der Waals surface area contributed by atoms with Gasteiger partial charge in [0.25, 0.3) is 0 Å². The highest BCUT2D eigenvalue weighted by atomic mass is 127. The van der Waals surface area contributed by atoms with Gasteiger partial charge in [-0.05, 0) is 131 Å². The molecular weight excluding hydrogens is 985 g/mol. The van der Waals surface area contributed by atoms with E-state index in [0.29, 0.717) is 46.3 Å². The molecule has 14 heteroatoms. The summed E-state index contributed by atoms with van der Waals surface area (Å²) in [5, 5.41) is 24.4. The van der Waals surface area contributed by atoms with E-state index >= 15 is 0 Å². The average Bonchev–Trinajstić information content (AvgIpc) is 3.00. The second-order valence-corrected chi connectivity index (χ2v) is 17.2. The number of aromatic carboxylic acids is 1. The van der Waals surface area contributed by atoms with Crippen molar-refractivity contribution in [2.75, 3.05) is 10.6 Å². The molecule has 0 saturated carbocycles. The van der Waals surface area contributed by atoms with Gasteiger partial charge in [-0.15, -0.1) is 0 Å². The molecule has 4 N–H and O–H groups in total. The number of carbonyl (C=O) groups is 5. The molecular formula is C36H47I3N2O9. The molecule has 2 aliphatic carbocycles.